The van der Waals surface area contributed by atoms with Gasteiger partial charge < -0.3 is 4.79 Å². The molecule has 6 unspecified atom stereocenters. The van der Waals surface area contributed by atoms with Crippen molar-refractivity contribution in [1.82, 2.24) is 0 Å². The van der Waals surface area contributed by atoms with Gasteiger partial charge in [-0.2, -0.15) is 0 Å². The van der Waals surface area contributed by atoms with E-state index in [1.165, 1.54) is 34.6 Å². The van der Waals surface area contributed by atoms with Gasteiger partial charge in [0, 0.05) is 36.0 Å². The highest BCUT2D eigenvalue weighted by Gasteiger charge is 2.42. The fourth-order valence-corrected chi connectivity index (χ4v) is 5.48. The van der Waals surface area contributed by atoms with E-state index in [0.29, 0.717) is 19.3 Å². The maximum absolute atomic E-state index is 13.1. The van der Waals surface area contributed by atoms with Crippen molar-refractivity contribution >= 4 is 35.2 Å². The molecular formula is C28H46O6. The van der Waals surface area contributed by atoms with Crippen LogP contribution in [0.1, 0.15) is 107 Å². The van der Waals surface area contributed by atoms with Crippen LogP contribution in [0, 0.1) is 35.0 Å². The zero-order valence-electron chi connectivity index (χ0n) is 22.6. The molecule has 0 aromatic carbocycles. The van der Waals surface area contributed by atoms with Crippen molar-refractivity contribution in [3.8, 4) is 0 Å². The van der Waals surface area contributed by atoms with Gasteiger partial charge >= 0.3 is 0 Å². The van der Waals surface area contributed by atoms with Gasteiger partial charge in [-0.1, -0.05) is 27.2 Å². The number of Topliss-reactive ketones (excluding diaryl/α,β-unsaturated/α-hetero) is 5. The average Bonchev–Trinajstić information content (AvgIpc) is 2.71. The van der Waals surface area contributed by atoms with Gasteiger partial charge in [0.05, 0.1) is 0 Å². The first-order chi connectivity index (χ1) is 15.8. The van der Waals surface area contributed by atoms with Gasteiger partial charge in [0.1, 0.15) is 35.2 Å². The zero-order chi connectivity index (χ0) is 26.6. The molecule has 0 aliphatic carbocycles. The van der Waals surface area contributed by atoms with Crippen molar-refractivity contribution < 1.29 is 28.8 Å². The molecule has 194 valence electrons. The van der Waals surface area contributed by atoms with Gasteiger partial charge in [0.15, 0.2) is 0 Å². The molecule has 6 nitrogen and oxygen atoms in total. The normalized spacial score (nSPS) is 17.5. The first kappa shape index (κ1) is 32.0. The molecule has 6 atom stereocenters. The van der Waals surface area contributed by atoms with Crippen molar-refractivity contribution in [3.05, 3.63) is 0 Å². The molecule has 0 spiro atoms. The molecule has 0 fully saturated rings. The van der Waals surface area contributed by atoms with Gasteiger partial charge in [0.2, 0.25) is 0 Å². The summed E-state index contributed by atoms with van der Waals surface area (Å²) in [6.45, 7) is 13.3. The van der Waals surface area contributed by atoms with Crippen LogP contribution >= 0.6 is 0 Å². The van der Waals surface area contributed by atoms with Crippen LogP contribution in [0.15, 0.2) is 0 Å². The summed E-state index contributed by atoms with van der Waals surface area (Å²) in [6, 6.07) is 0. The molecule has 6 heteroatoms. The second-order valence-corrected chi connectivity index (χ2v) is 10.4. The highest BCUT2D eigenvalue weighted by Crippen LogP contribution is 2.43. The van der Waals surface area contributed by atoms with E-state index in [4.69, 9.17) is 0 Å². The van der Waals surface area contributed by atoms with E-state index in [-0.39, 0.29) is 72.4 Å². The molecule has 0 saturated heterocycles. The first-order valence-electron chi connectivity index (χ1n) is 12.7. The van der Waals surface area contributed by atoms with Crippen LogP contribution in [0.4, 0.5) is 0 Å². The van der Waals surface area contributed by atoms with Gasteiger partial charge in [-0.15, -0.1) is 0 Å². The Morgan fingerprint density at radius 2 is 1.32 bits per heavy atom. The Bertz CT molecular complexity index is 739. The highest BCUT2D eigenvalue weighted by atomic mass is 16.1. The molecule has 0 aromatic rings. The van der Waals surface area contributed by atoms with Gasteiger partial charge in [-0.25, -0.2) is 0 Å². The van der Waals surface area contributed by atoms with Crippen LogP contribution in [0.5, 0.6) is 0 Å². The summed E-state index contributed by atoms with van der Waals surface area (Å²) < 4.78 is 0. The number of rotatable bonds is 19. The van der Waals surface area contributed by atoms with E-state index in [2.05, 4.69) is 6.92 Å². The van der Waals surface area contributed by atoms with Crippen molar-refractivity contribution in [2.24, 2.45) is 35.0 Å². The third-order valence-electron chi connectivity index (χ3n) is 7.73. The standard InChI is InChI=1S/C28H46O6/c1-9-18(3)15-27(22(7)33)26(21(6)32)11-13-28(23(8)34,16-19(4)30)17-24(12-14-29)25(10-2)20(5)31/h14,18,24-27H,9-13,15-17H2,1-8H3. The minimum atomic E-state index is -1.08. The van der Waals surface area contributed by atoms with Crippen LogP contribution in [0.2, 0.25) is 0 Å². The highest BCUT2D eigenvalue weighted by molar-refractivity contribution is 5.90. The summed E-state index contributed by atoms with van der Waals surface area (Å²) in [5, 5.41) is 0. The summed E-state index contributed by atoms with van der Waals surface area (Å²) in [6.07, 6.45) is 3.74. The van der Waals surface area contributed by atoms with Gasteiger partial charge in [0.25, 0.3) is 0 Å². The maximum atomic E-state index is 13.1. The SMILES string of the molecule is CCC(C)CC(C(C)=O)C(CCC(CC(C)=O)(CC(CC=O)C(CC)C(C)=O)C(C)=O)C(C)=O. The van der Waals surface area contributed by atoms with E-state index >= 15 is 0 Å². The van der Waals surface area contributed by atoms with E-state index in [1.807, 2.05) is 13.8 Å². The van der Waals surface area contributed by atoms with Crippen molar-refractivity contribution in [2.45, 2.75) is 107 Å². The Morgan fingerprint density at radius 1 is 0.794 bits per heavy atom. The lowest BCUT2D eigenvalue weighted by Gasteiger charge is -2.37. The second kappa shape index (κ2) is 15.1. The molecule has 0 amide bonds. The number of ketones is 5. The molecule has 0 rings (SSSR count). The molecule has 0 radical (unpaired) electrons. The van der Waals surface area contributed by atoms with E-state index in [9.17, 15) is 28.8 Å². The molecule has 0 saturated carbocycles. The lowest BCUT2D eigenvalue weighted by Crippen LogP contribution is -2.38. The summed E-state index contributed by atoms with van der Waals surface area (Å²) in [7, 11) is 0. The molecule has 0 aliphatic heterocycles. The summed E-state index contributed by atoms with van der Waals surface area (Å²) >= 11 is 0. The Balaban J connectivity index is 6.26. The fraction of sp³-hybridized carbons (Fsp3) is 0.786. The van der Waals surface area contributed by atoms with Gasteiger partial charge in [-0.3, -0.25) is 24.0 Å². The number of hydrogen-bond acceptors (Lipinski definition) is 6. The van der Waals surface area contributed by atoms with Crippen molar-refractivity contribution in [2.75, 3.05) is 0 Å². The largest absolute Gasteiger partial charge is 0.303 e. The predicted molar refractivity (Wildman–Crippen MR) is 133 cm³/mol. The Hall–Kier alpha value is -1.98. The Labute approximate surface area is 206 Å². The smallest absolute Gasteiger partial charge is 0.136 e. The summed E-state index contributed by atoms with van der Waals surface area (Å²) in [5.74, 6) is -1.93. The van der Waals surface area contributed by atoms with Crippen molar-refractivity contribution in [3.63, 3.8) is 0 Å². The predicted octanol–water partition coefficient (Wildman–Crippen LogP) is 5.38. The van der Waals surface area contributed by atoms with E-state index in [0.717, 1.165) is 12.7 Å². The molecule has 34 heavy (non-hydrogen) atoms. The lowest BCUT2D eigenvalue weighted by molar-refractivity contribution is -0.136. The topological polar surface area (TPSA) is 102 Å². The Morgan fingerprint density at radius 3 is 1.68 bits per heavy atom. The van der Waals surface area contributed by atoms with E-state index in [1.54, 1.807) is 0 Å². The molecule has 0 N–H and O–H groups in total. The second-order valence-electron chi connectivity index (χ2n) is 10.4. The van der Waals surface area contributed by atoms with Crippen LogP contribution in [-0.4, -0.2) is 35.2 Å². The Kier molecular flexibility index (Phi) is 14.2. The summed E-state index contributed by atoms with van der Waals surface area (Å²) in [5.41, 5.74) is -1.08. The monoisotopic (exact) mass is 478 g/mol. The van der Waals surface area contributed by atoms with Gasteiger partial charge in [-0.05, 0) is 78.6 Å². The molecule has 0 aromatic heterocycles. The molecule has 0 bridgehead atoms. The van der Waals surface area contributed by atoms with Crippen LogP contribution < -0.4 is 0 Å². The molecule has 0 aliphatic rings. The maximum Gasteiger partial charge on any atom is 0.136 e. The minimum Gasteiger partial charge on any atom is -0.303 e. The number of aldehydes is 1. The first-order valence-corrected chi connectivity index (χ1v) is 12.7. The van der Waals surface area contributed by atoms with Crippen LogP contribution in [-0.2, 0) is 28.8 Å². The fourth-order valence-electron chi connectivity index (χ4n) is 5.48. The molecule has 0 heterocycles. The number of carbonyl (C=O) groups is 6. The third-order valence-corrected chi connectivity index (χ3v) is 7.73. The minimum absolute atomic E-state index is 0.00719. The van der Waals surface area contributed by atoms with Crippen LogP contribution in [0.25, 0.3) is 0 Å². The third kappa shape index (κ3) is 9.71. The quantitative estimate of drug-likeness (QED) is 0.231. The zero-order valence-corrected chi connectivity index (χ0v) is 22.6. The lowest BCUT2D eigenvalue weighted by atomic mass is 9.64. The average molecular weight is 479 g/mol. The number of hydrogen-bond donors (Lipinski definition) is 0. The van der Waals surface area contributed by atoms with E-state index < -0.39 is 17.3 Å². The summed E-state index contributed by atoms with van der Waals surface area (Å²) in [4.78, 5) is 74.2. The van der Waals surface area contributed by atoms with Crippen molar-refractivity contribution in [1.29, 1.82) is 0 Å². The molecular weight excluding hydrogens is 432 g/mol. The number of carbonyl (C=O) groups excluding carboxylic acids is 6. The van der Waals surface area contributed by atoms with Crippen LogP contribution in [0.3, 0.4) is 0 Å².